The number of phenolic OH excluding ortho intramolecular Hbond substituents is 1. The summed E-state index contributed by atoms with van der Waals surface area (Å²) in [6, 6.07) is 5.59. The third-order valence-corrected chi connectivity index (χ3v) is 4.39. The molecule has 0 unspecified atom stereocenters. The van der Waals surface area contributed by atoms with Crippen molar-refractivity contribution in [2.24, 2.45) is 0 Å². The molecule has 0 saturated heterocycles. The molecule has 1 aliphatic rings. The van der Waals surface area contributed by atoms with Gasteiger partial charge in [0, 0.05) is 18.2 Å². The molecule has 1 aliphatic carbocycles. The highest BCUT2D eigenvalue weighted by molar-refractivity contribution is 5.85. The molecule has 6 heteroatoms. The van der Waals surface area contributed by atoms with Crippen LogP contribution < -0.4 is 18.9 Å². The molecule has 0 aromatic heterocycles. The van der Waals surface area contributed by atoms with E-state index in [2.05, 4.69) is 0 Å². The Kier molecular flexibility index (Phi) is 4.90. The van der Waals surface area contributed by atoms with Crippen LogP contribution in [0.15, 0.2) is 18.2 Å². The molecule has 0 radical (unpaired) electrons. The molecule has 0 atom stereocenters. The lowest BCUT2D eigenvalue weighted by molar-refractivity contribution is 0.0495. The third-order valence-electron chi connectivity index (χ3n) is 4.39. The number of phenols is 1. The topological polar surface area (TPSA) is 66.4 Å². The van der Waals surface area contributed by atoms with E-state index >= 15 is 0 Å². The average molecular weight is 346 g/mol. The second kappa shape index (κ2) is 7.11. The van der Waals surface area contributed by atoms with E-state index in [1.807, 2.05) is 12.1 Å². The van der Waals surface area contributed by atoms with Crippen molar-refractivity contribution in [2.45, 2.75) is 12.8 Å². The van der Waals surface area contributed by atoms with Crippen molar-refractivity contribution in [1.82, 2.24) is 0 Å². The Labute approximate surface area is 146 Å². The van der Waals surface area contributed by atoms with Gasteiger partial charge in [-0.2, -0.15) is 0 Å². The number of aromatic hydroxyl groups is 1. The molecule has 0 amide bonds. The minimum Gasteiger partial charge on any atom is -0.504 e. The summed E-state index contributed by atoms with van der Waals surface area (Å²) in [5.74, 6) is 2.11. The van der Waals surface area contributed by atoms with Crippen LogP contribution in [0.5, 0.6) is 28.7 Å². The van der Waals surface area contributed by atoms with E-state index in [1.54, 1.807) is 27.4 Å². The van der Waals surface area contributed by atoms with Gasteiger partial charge in [0.25, 0.3) is 0 Å². The van der Waals surface area contributed by atoms with Crippen molar-refractivity contribution in [3.05, 3.63) is 29.3 Å². The molecule has 25 heavy (non-hydrogen) atoms. The van der Waals surface area contributed by atoms with Gasteiger partial charge in [-0.25, -0.2) is 0 Å². The highest BCUT2D eigenvalue weighted by atomic mass is 16.7. The summed E-state index contributed by atoms with van der Waals surface area (Å²) >= 11 is 0. The number of hydrogen-bond acceptors (Lipinski definition) is 6. The Bertz CT molecular complexity index is 784. The maximum atomic E-state index is 10.4. The third kappa shape index (κ3) is 2.82. The van der Waals surface area contributed by atoms with Crippen LogP contribution in [0.3, 0.4) is 0 Å². The first-order chi connectivity index (χ1) is 12.2. The standard InChI is InChI=1S/C19H22O6/c1-21-10-25-19-15(22-2)8-6-11-5-7-12-13(16(11)19)9-14(20)18(24-4)17(12)23-3/h6,8-9,20H,5,7,10H2,1-4H3. The van der Waals surface area contributed by atoms with Gasteiger partial charge in [-0.3, -0.25) is 0 Å². The van der Waals surface area contributed by atoms with Crippen molar-refractivity contribution in [2.75, 3.05) is 35.2 Å². The molecular formula is C19H22O6. The van der Waals surface area contributed by atoms with Crippen LogP contribution in [0.1, 0.15) is 11.1 Å². The second-order valence-electron chi connectivity index (χ2n) is 5.67. The van der Waals surface area contributed by atoms with E-state index in [4.69, 9.17) is 23.7 Å². The van der Waals surface area contributed by atoms with E-state index in [-0.39, 0.29) is 12.5 Å². The van der Waals surface area contributed by atoms with Crippen LogP contribution in [0, 0.1) is 0 Å². The molecule has 2 aromatic rings. The van der Waals surface area contributed by atoms with Crippen LogP contribution >= 0.6 is 0 Å². The molecule has 0 aliphatic heterocycles. The van der Waals surface area contributed by atoms with Crippen molar-refractivity contribution < 1.29 is 28.8 Å². The van der Waals surface area contributed by atoms with Gasteiger partial charge in [-0.15, -0.1) is 0 Å². The predicted molar refractivity (Wildman–Crippen MR) is 93.1 cm³/mol. The molecule has 3 rings (SSSR count). The van der Waals surface area contributed by atoms with Crippen molar-refractivity contribution >= 4 is 0 Å². The maximum absolute atomic E-state index is 10.4. The lowest BCUT2D eigenvalue weighted by Gasteiger charge is -2.26. The zero-order chi connectivity index (χ0) is 18.0. The largest absolute Gasteiger partial charge is 0.504 e. The van der Waals surface area contributed by atoms with Crippen molar-refractivity contribution in [1.29, 1.82) is 0 Å². The molecule has 0 saturated carbocycles. The van der Waals surface area contributed by atoms with Crippen LogP contribution in [0.25, 0.3) is 11.1 Å². The highest BCUT2D eigenvalue weighted by Gasteiger charge is 2.29. The summed E-state index contributed by atoms with van der Waals surface area (Å²) in [4.78, 5) is 0. The van der Waals surface area contributed by atoms with Crippen LogP contribution in [0.4, 0.5) is 0 Å². The first-order valence-electron chi connectivity index (χ1n) is 7.95. The van der Waals surface area contributed by atoms with Crippen molar-refractivity contribution in [3.63, 3.8) is 0 Å². The number of rotatable bonds is 6. The summed E-state index contributed by atoms with van der Waals surface area (Å²) < 4.78 is 27.2. The van der Waals surface area contributed by atoms with Gasteiger partial charge in [-0.05, 0) is 36.1 Å². The maximum Gasteiger partial charge on any atom is 0.203 e. The van der Waals surface area contributed by atoms with E-state index < -0.39 is 0 Å². The minimum absolute atomic E-state index is 0.0199. The van der Waals surface area contributed by atoms with E-state index in [9.17, 15) is 5.11 Å². The fourth-order valence-corrected chi connectivity index (χ4v) is 3.34. The molecule has 2 aromatic carbocycles. The molecular weight excluding hydrogens is 324 g/mol. The molecule has 1 N–H and O–H groups in total. The normalized spacial score (nSPS) is 12.2. The predicted octanol–water partition coefficient (Wildman–Crippen LogP) is 3.17. The Morgan fingerprint density at radius 3 is 2.32 bits per heavy atom. The monoisotopic (exact) mass is 346 g/mol. The summed E-state index contributed by atoms with van der Waals surface area (Å²) in [5, 5.41) is 10.4. The minimum atomic E-state index is 0.0199. The smallest absolute Gasteiger partial charge is 0.203 e. The zero-order valence-electron chi connectivity index (χ0n) is 14.8. The molecule has 134 valence electrons. The first-order valence-corrected chi connectivity index (χ1v) is 7.95. The van der Waals surface area contributed by atoms with Gasteiger partial charge in [0.15, 0.2) is 29.8 Å². The van der Waals surface area contributed by atoms with E-state index in [0.717, 1.165) is 35.1 Å². The van der Waals surface area contributed by atoms with Crippen LogP contribution in [0.2, 0.25) is 0 Å². The Hall–Kier alpha value is -2.60. The van der Waals surface area contributed by atoms with E-state index in [1.165, 1.54) is 7.11 Å². The first kappa shape index (κ1) is 17.2. The number of benzene rings is 2. The lowest BCUT2D eigenvalue weighted by Crippen LogP contribution is -2.10. The molecule has 0 heterocycles. The highest BCUT2D eigenvalue weighted by Crippen LogP contribution is 2.52. The van der Waals surface area contributed by atoms with Gasteiger partial charge in [0.1, 0.15) is 0 Å². The fraction of sp³-hybridized carbons (Fsp3) is 0.368. The summed E-state index contributed by atoms with van der Waals surface area (Å²) in [6.07, 6.45) is 1.60. The molecule has 0 spiro atoms. The summed E-state index contributed by atoms with van der Waals surface area (Å²) in [7, 11) is 6.24. The van der Waals surface area contributed by atoms with Crippen LogP contribution in [-0.4, -0.2) is 40.3 Å². The number of fused-ring (bicyclic) bond motifs is 3. The number of aryl methyl sites for hydroxylation is 1. The SMILES string of the molecule is COCOc1c(OC)ccc2c1-c1cc(O)c(OC)c(OC)c1CC2. The van der Waals surface area contributed by atoms with Gasteiger partial charge in [0.05, 0.1) is 21.3 Å². The zero-order valence-corrected chi connectivity index (χ0v) is 14.8. The summed E-state index contributed by atoms with van der Waals surface area (Å²) in [6.45, 7) is 0.0986. The van der Waals surface area contributed by atoms with Gasteiger partial charge in [-0.1, -0.05) is 6.07 Å². The molecule has 0 fully saturated rings. The van der Waals surface area contributed by atoms with Gasteiger partial charge in [0.2, 0.25) is 5.75 Å². The number of methoxy groups -OCH3 is 4. The average Bonchev–Trinajstić information content (AvgIpc) is 2.64. The number of ether oxygens (including phenoxy) is 5. The lowest BCUT2D eigenvalue weighted by atomic mass is 9.84. The van der Waals surface area contributed by atoms with Gasteiger partial charge >= 0.3 is 0 Å². The summed E-state index contributed by atoms with van der Waals surface area (Å²) in [5.41, 5.74) is 3.82. The van der Waals surface area contributed by atoms with Crippen LogP contribution in [-0.2, 0) is 17.6 Å². The molecule has 6 nitrogen and oxygen atoms in total. The Morgan fingerprint density at radius 2 is 1.68 bits per heavy atom. The van der Waals surface area contributed by atoms with Gasteiger partial charge < -0.3 is 28.8 Å². The fourth-order valence-electron chi connectivity index (χ4n) is 3.34. The number of hydrogen-bond donors (Lipinski definition) is 1. The Morgan fingerprint density at radius 1 is 0.920 bits per heavy atom. The molecule has 0 bridgehead atoms. The quantitative estimate of drug-likeness (QED) is 0.811. The van der Waals surface area contributed by atoms with E-state index in [0.29, 0.717) is 23.0 Å². The second-order valence-corrected chi connectivity index (χ2v) is 5.67. The van der Waals surface area contributed by atoms with Crippen molar-refractivity contribution in [3.8, 4) is 39.9 Å². The Balaban J connectivity index is 2.28.